The van der Waals surface area contributed by atoms with Gasteiger partial charge in [-0.3, -0.25) is 0 Å². The second-order valence-electron chi connectivity index (χ2n) is 2.78. The van der Waals surface area contributed by atoms with Crippen LogP contribution in [0.5, 0.6) is 0 Å². The van der Waals surface area contributed by atoms with Gasteiger partial charge in [0.05, 0.1) is 5.38 Å². The molecule has 0 spiro atoms. The summed E-state index contributed by atoms with van der Waals surface area (Å²) in [4.78, 5) is 10.2. The van der Waals surface area contributed by atoms with Crippen LogP contribution in [-0.4, -0.2) is 6.29 Å². The van der Waals surface area contributed by atoms with Crippen molar-refractivity contribution in [2.24, 2.45) is 0 Å². The minimum atomic E-state index is -0.178. The van der Waals surface area contributed by atoms with Crippen molar-refractivity contribution in [3.63, 3.8) is 0 Å². The molecule has 0 fully saturated rings. The number of carbonyl (C=O) groups excluding carboxylic acids is 1. The number of rotatable bonds is 3. The minimum Gasteiger partial charge on any atom is -0.303 e. The summed E-state index contributed by atoms with van der Waals surface area (Å²) >= 11 is 5.93. The quantitative estimate of drug-likeness (QED) is 0.519. The van der Waals surface area contributed by atoms with Gasteiger partial charge in [-0.1, -0.05) is 29.8 Å². The molecule has 64 valence electrons. The lowest BCUT2D eigenvalue weighted by molar-refractivity contribution is -0.107. The molecule has 1 aromatic rings. The third-order valence-corrected chi connectivity index (χ3v) is 2.17. The van der Waals surface area contributed by atoms with E-state index in [0.29, 0.717) is 6.42 Å². The summed E-state index contributed by atoms with van der Waals surface area (Å²) in [6, 6.07) is 7.90. The van der Waals surface area contributed by atoms with E-state index in [-0.39, 0.29) is 5.38 Å². The first-order chi connectivity index (χ1) is 5.74. The van der Waals surface area contributed by atoms with Crippen LogP contribution in [0.3, 0.4) is 0 Å². The first-order valence-corrected chi connectivity index (χ1v) is 4.32. The van der Waals surface area contributed by atoms with Crippen LogP contribution in [0.25, 0.3) is 0 Å². The predicted octanol–water partition coefficient (Wildman–Crippen LogP) is 2.86. The van der Waals surface area contributed by atoms with E-state index in [9.17, 15) is 4.79 Å². The van der Waals surface area contributed by atoms with Gasteiger partial charge in [0.25, 0.3) is 0 Å². The molecule has 0 saturated carbocycles. The molecule has 0 bridgehead atoms. The number of carbonyl (C=O) groups is 1. The van der Waals surface area contributed by atoms with E-state index in [0.717, 1.165) is 11.8 Å². The normalized spacial score (nSPS) is 12.5. The van der Waals surface area contributed by atoms with Crippen molar-refractivity contribution in [1.82, 2.24) is 0 Å². The van der Waals surface area contributed by atoms with Crippen LogP contribution in [0.4, 0.5) is 0 Å². The molecule has 1 rings (SSSR count). The summed E-state index contributed by atoms with van der Waals surface area (Å²) in [7, 11) is 0. The maximum atomic E-state index is 10.2. The Bertz CT molecular complexity index is 253. The Morgan fingerprint density at radius 2 is 2.00 bits per heavy atom. The first-order valence-electron chi connectivity index (χ1n) is 3.88. The van der Waals surface area contributed by atoms with Crippen molar-refractivity contribution in [3.8, 4) is 0 Å². The summed E-state index contributed by atoms with van der Waals surface area (Å²) in [5.74, 6) is 0. The lowest BCUT2D eigenvalue weighted by atomic mass is 10.1. The fourth-order valence-corrected chi connectivity index (χ4v) is 1.21. The fourth-order valence-electron chi connectivity index (χ4n) is 0.996. The zero-order chi connectivity index (χ0) is 8.97. The molecule has 0 amide bonds. The lowest BCUT2D eigenvalue weighted by Crippen LogP contribution is -1.90. The Hall–Kier alpha value is -0.820. The van der Waals surface area contributed by atoms with Gasteiger partial charge in [0.15, 0.2) is 0 Å². The monoisotopic (exact) mass is 182 g/mol. The van der Waals surface area contributed by atoms with E-state index in [1.54, 1.807) is 0 Å². The second-order valence-corrected chi connectivity index (χ2v) is 3.31. The summed E-state index contributed by atoms with van der Waals surface area (Å²) in [6.07, 6.45) is 1.22. The number of alkyl halides is 1. The smallest absolute Gasteiger partial charge is 0.121 e. The van der Waals surface area contributed by atoms with Crippen LogP contribution in [0.15, 0.2) is 24.3 Å². The van der Waals surface area contributed by atoms with Crippen LogP contribution < -0.4 is 0 Å². The molecule has 0 heterocycles. The van der Waals surface area contributed by atoms with Gasteiger partial charge in [-0.15, -0.1) is 11.6 Å². The van der Waals surface area contributed by atoms with E-state index in [4.69, 9.17) is 11.6 Å². The van der Waals surface area contributed by atoms with Crippen LogP contribution in [0, 0.1) is 6.92 Å². The van der Waals surface area contributed by atoms with E-state index in [1.165, 1.54) is 5.56 Å². The Balaban J connectivity index is 2.74. The molecule has 1 atom stereocenters. The van der Waals surface area contributed by atoms with Gasteiger partial charge in [-0.2, -0.15) is 0 Å². The Morgan fingerprint density at radius 1 is 1.42 bits per heavy atom. The zero-order valence-corrected chi connectivity index (χ0v) is 7.71. The molecule has 12 heavy (non-hydrogen) atoms. The third kappa shape index (κ3) is 2.35. The van der Waals surface area contributed by atoms with Crippen molar-refractivity contribution < 1.29 is 4.79 Å². The molecular formula is C10H11ClO. The molecule has 1 unspecified atom stereocenters. The molecule has 0 aromatic heterocycles. The highest BCUT2D eigenvalue weighted by Crippen LogP contribution is 2.22. The molecule has 2 heteroatoms. The average molecular weight is 183 g/mol. The van der Waals surface area contributed by atoms with Crippen LogP contribution in [-0.2, 0) is 4.79 Å². The molecule has 1 aromatic carbocycles. The van der Waals surface area contributed by atoms with Crippen LogP contribution >= 0.6 is 11.6 Å². The van der Waals surface area contributed by atoms with E-state index >= 15 is 0 Å². The number of hydrogen-bond donors (Lipinski definition) is 0. The minimum absolute atomic E-state index is 0.178. The number of hydrogen-bond acceptors (Lipinski definition) is 1. The number of halogens is 1. The largest absolute Gasteiger partial charge is 0.303 e. The van der Waals surface area contributed by atoms with Gasteiger partial charge in [0.2, 0.25) is 0 Å². The van der Waals surface area contributed by atoms with Crippen molar-refractivity contribution >= 4 is 17.9 Å². The van der Waals surface area contributed by atoms with Gasteiger partial charge in [0.1, 0.15) is 6.29 Å². The zero-order valence-electron chi connectivity index (χ0n) is 6.96. The maximum absolute atomic E-state index is 10.2. The van der Waals surface area contributed by atoms with Gasteiger partial charge >= 0.3 is 0 Å². The lowest BCUT2D eigenvalue weighted by Gasteiger charge is -2.05. The van der Waals surface area contributed by atoms with Gasteiger partial charge in [-0.05, 0) is 12.5 Å². The van der Waals surface area contributed by atoms with Crippen LogP contribution in [0.1, 0.15) is 22.9 Å². The first kappa shape index (κ1) is 9.27. The highest BCUT2D eigenvalue weighted by atomic mass is 35.5. The molecule has 0 saturated heterocycles. The molecule has 0 radical (unpaired) electrons. The Labute approximate surface area is 77.4 Å². The molecule has 0 aliphatic rings. The van der Waals surface area contributed by atoms with E-state index in [1.807, 2.05) is 31.2 Å². The van der Waals surface area contributed by atoms with Crippen molar-refractivity contribution in [3.05, 3.63) is 35.4 Å². The summed E-state index contributed by atoms with van der Waals surface area (Å²) in [5.41, 5.74) is 2.21. The SMILES string of the molecule is Cc1ccc(C(Cl)CC=O)cc1. The maximum Gasteiger partial charge on any atom is 0.121 e. The van der Waals surface area contributed by atoms with Gasteiger partial charge in [-0.25, -0.2) is 0 Å². The van der Waals surface area contributed by atoms with Crippen LogP contribution in [0.2, 0.25) is 0 Å². The molecular weight excluding hydrogens is 172 g/mol. The standard InChI is InChI=1S/C10H11ClO/c1-8-2-4-9(5-3-8)10(11)6-7-12/h2-5,7,10H,6H2,1H3. The Kier molecular flexibility index (Phi) is 3.30. The third-order valence-electron chi connectivity index (χ3n) is 1.74. The summed E-state index contributed by atoms with van der Waals surface area (Å²) in [6.45, 7) is 2.02. The highest BCUT2D eigenvalue weighted by Gasteiger charge is 2.05. The molecule has 0 N–H and O–H groups in total. The second kappa shape index (κ2) is 4.27. The average Bonchev–Trinajstić information content (AvgIpc) is 2.06. The van der Waals surface area contributed by atoms with Gasteiger partial charge < -0.3 is 4.79 Å². The number of benzene rings is 1. The Morgan fingerprint density at radius 3 is 2.50 bits per heavy atom. The number of aldehydes is 1. The summed E-state index contributed by atoms with van der Waals surface area (Å²) in [5, 5.41) is -0.178. The topological polar surface area (TPSA) is 17.1 Å². The molecule has 0 aliphatic carbocycles. The highest BCUT2D eigenvalue weighted by molar-refractivity contribution is 6.21. The van der Waals surface area contributed by atoms with Gasteiger partial charge in [0, 0.05) is 6.42 Å². The van der Waals surface area contributed by atoms with Crippen molar-refractivity contribution in [2.45, 2.75) is 18.7 Å². The summed E-state index contributed by atoms with van der Waals surface area (Å²) < 4.78 is 0. The van der Waals surface area contributed by atoms with Crippen molar-refractivity contribution in [1.29, 1.82) is 0 Å². The van der Waals surface area contributed by atoms with E-state index < -0.39 is 0 Å². The van der Waals surface area contributed by atoms with E-state index in [2.05, 4.69) is 0 Å². The van der Waals surface area contributed by atoms with Crippen molar-refractivity contribution in [2.75, 3.05) is 0 Å². The predicted molar refractivity (Wildman–Crippen MR) is 50.5 cm³/mol. The molecule has 0 aliphatic heterocycles. The molecule has 1 nitrogen and oxygen atoms in total. The number of aryl methyl sites for hydroxylation is 1. The fraction of sp³-hybridized carbons (Fsp3) is 0.300.